The molecule has 0 fully saturated rings. The molecule has 0 amide bonds. The van der Waals surface area contributed by atoms with Crippen LogP contribution in [0.4, 0.5) is 4.79 Å². The highest BCUT2D eigenvalue weighted by Crippen LogP contribution is 2.36. The van der Waals surface area contributed by atoms with Crippen LogP contribution in [0.5, 0.6) is 0 Å². The van der Waals surface area contributed by atoms with Crippen molar-refractivity contribution >= 4 is 38.4 Å². The summed E-state index contributed by atoms with van der Waals surface area (Å²) < 4.78 is 6.78. The van der Waals surface area contributed by atoms with Gasteiger partial charge in [0.1, 0.15) is 12.9 Å². The van der Waals surface area contributed by atoms with Gasteiger partial charge in [-0.3, -0.25) is 0 Å². The van der Waals surface area contributed by atoms with Crippen LogP contribution in [0.15, 0.2) is 73.3 Å². The Kier molecular flexibility index (Phi) is 2.97. The Morgan fingerprint density at radius 1 is 0.920 bits per heavy atom. The molecule has 120 valence electrons. The maximum atomic E-state index is 12.0. The van der Waals surface area contributed by atoms with E-state index in [1.807, 2.05) is 6.07 Å². The van der Waals surface area contributed by atoms with E-state index in [1.54, 1.807) is 12.4 Å². The number of nitrogens with zero attached hydrogens (tertiary/aromatic N) is 2. The predicted octanol–water partition coefficient (Wildman–Crippen LogP) is 4.97. The van der Waals surface area contributed by atoms with Crippen LogP contribution in [0.1, 0.15) is 5.56 Å². The lowest BCUT2D eigenvalue weighted by Gasteiger charge is -2.14. The molecule has 0 aliphatic rings. The van der Waals surface area contributed by atoms with E-state index in [1.165, 1.54) is 37.8 Å². The van der Waals surface area contributed by atoms with Gasteiger partial charge in [0.05, 0.1) is 0 Å². The molecule has 4 nitrogen and oxygen atoms in total. The number of carbonyl (C=O) groups is 1. The first-order chi connectivity index (χ1) is 12.3. The minimum atomic E-state index is -0.428. The maximum absolute atomic E-state index is 12.0. The SMILES string of the molecule is O=C(OCc1ccc2ccc3cccc4ccc1c2c34)n1ccnc1. The highest BCUT2D eigenvalue weighted by molar-refractivity contribution is 6.23. The van der Waals surface area contributed by atoms with Crippen molar-refractivity contribution < 1.29 is 9.53 Å². The second-order valence-corrected chi connectivity index (χ2v) is 6.11. The third-order valence-electron chi connectivity index (χ3n) is 4.69. The summed E-state index contributed by atoms with van der Waals surface area (Å²) in [6, 6.07) is 19.0. The highest BCUT2D eigenvalue weighted by Gasteiger charge is 2.12. The molecule has 0 saturated carbocycles. The average molecular weight is 326 g/mol. The number of carbonyl (C=O) groups excluding carboxylic acids is 1. The molecule has 0 aliphatic carbocycles. The molecule has 0 spiro atoms. The fourth-order valence-corrected chi connectivity index (χ4v) is 3.50. The van der Waals surface area contributed by atoms with Crippen molar-refractivity contribution in [2.45, 2.75) is 6.61 Å². The number of imidazole rings is 1. The Morgan fingerprint density at radius 3 is 2.40 bits per heavy atom. The fraction of sp³-hybridized carbons (Fsp3) is 0.0476. The van der Waals surface area contributed by atoms with E-state index < -0.39 is 6.09 Å². The van der Waals surface area contributed by atoms with Gasteiger partial charge in [0.15, 0.2) is 0 Å². The van der Waals surface area contributed by atoms with Crippen LogP contribution < -0.4 is 0 Å². The van der Waals surface area contributed by atoms with E-state index in [0.717, 1.165) is 10.9 Å². The third kappa shape index (κ3) is 2.15. The molecule has 0 radical (unpaired) electrons. The summed E-state index contributed by atoms with van der Waals surface area (Å²) in [5, 5.41) is 7.27. The summed E-state index contributed by atoms with van der Waals surface area (Å²) in [7, 11) is 0. The minimum Gasteiger partial charge on any atom is -0.444 e. The van der Waals surface area contributed by atoms with Gasteiger partial charge in [-0.25, -0.2) is 14.3 Å². The van der Waals surface area contributed by atoms with E-state index in [-0.39, 0.29) is 6.61 Å². The normalized spacial score (nSPS) is 11.5. The first kappa shape index (κ1) is 14.0. The molecule has 25 heavy (non-hydrogen) atoms. The van der Waals surface area contributed by atoms with Gasteiger partial charge < -0.3 is 4.74 Å². The van der Waals surface area contributed by atoms with Gasteiger partial charge in [-0.2, -0.15) is 0 Å². The second-order valence-electron chi connectivity index (χ2n) is 6.11. The van der Waals surface area contributed by atoms with E-state index in [4.69, 9.17) is 4.74 Å². The van der Waals surface area contributed by atoms with Crippen LogP contribution in [0.2, 0.25) is 0 Å². The van der Waals surface area contributed by atoms with Crippen LogP contribution in [0.3, 0.4) is 0 Å². The molecule has 4 aromatic carbocycles. The summed E-state index contributed by atoms with van der Waals surface area (Å²) in [4.78, 5) is 15.9. The standard InChI is InChI=1S/C21H14N2O2/c24-21(23-11-10-22-13-23)25-12-17-7-6-16-5-4-14-2-1-3-15-8-9-18(17)20(16)19(14)15/h1-11,13H,12H2. The van der Waals surface area contributed by atoms with Gasteiger partial charge in [-0.15, -0.1) is 0 Å². The Labute approximate surface area is 143 Å². The molecule has 1 aromatic heterocycles. The van der Waals surface area contributed by atoms with Gasteiger partial charge in [-0.1, -0.05) is 54.6 Å². The van der Waals surface area contributed by atoms with Crippen molar-refractivity contribution in [3.05, 3.63) is 78.9 Å². The molecule has 0 N–H and O–H groups in total. The van der Waals surface area contributed by atoms with Crippen molar-refractivity contribution in [1.29, 1.82) is 0 Å². The van der Waals surface area contributed by atoms with Crippen LogP contribution in [0, 0.1) is 0 Å². The van der Waals surface area contributed by atoms with Crippen molar-refractivity contribution in [3.8, 4) is 0 Å². The molecule has 4 heteroatoms. The summed E-state index contributed by atoms with van der Waals surface area (Å²) >= 11 is 0. The van der Waals surface area contributed by atoms with Gasteiger partial charge in [0, 0.05) is 12.4 Å². The number of hydrogen-bond donors (Lipinski definition) is 0. The van der Waals surface area contributed by atoms with E-state index in [9.17, 15) is 4.79 Å². The van der Waals surface area contributed by atoms with Gasteiger partial charge in [-0.05, 0) is 37.9 Å². The van der Waals surface area contributed by atoms with Crippen LogP contribution >= 0.6 is 0 Å². The first-order valence-corrected chi connectivity index (χ1v) is 8.12. The Balaban J connectivity index is 1.62. The van der Waals surface area contributed by atoms with Crippen molar-refractivity contribution in [3.63, 3.8) is 0 Å². The molecule has 5 rings (SSSR count). The molecule has 0 saturated heterocycles. The zero-order chi connectivity index (χ0) is 16.8. The lowest BCUT2D eigenvalue weighted by Crippen LogP contribution is -2.11. The van der Waals surface area contributed by atoms with Crippen LogP contribution in [0.25, 0.3) is 32.3 Å². The lowest BCUT2D eigenvalue weighted by atomic mass is 9.92. The number of benzene rings is 4. The van der Waals surface area contributed by atoms with E-state index in [2.05, 4.69) is 53.5 Å². The summed E-state index contributed by atoms with van der Waals surface area (Å²) in [6.07, 6.45) is 4.14. The molecule has 0 bridgehead atoms. The minimum absolute atomic E-state index is 0.227. The number of rotatable bonds is 2. The van der Waals surface area contributed by atoms with Crippen molar-refractivity contribution in [2.75, 3.05) is 0 Å². The van der Waals surface area contributed by atoms with Gasteiger partial charge >= 0.3 is 6.09 Å². The third-order valence-corrected chi connectivity index (χ3v) is 4.69. The molecular formula is C21H14N2O2. The number of ether oxygens (including phenoxy) is 1. The van der Waals surface area contributed by atoms with Crippen LogP contribution in [-0.2, 0) is 11.3 Å². The molecule has 5 aromatic rings. The molecule has 0 aliphatic heterocycles. The highest BCUT2D eigenvalue weighted by atomic mass is 16.5. The monoisotopic (exact) mass is 326 g/mol. The fourth-order valence-electron chi connectivity index (χ4n) is 3.50. The Hall–Kier alpha value is -3.40. The Bertz CT molecular complexity index is 1190. The largest absolute Gasteiger partial charge is 0.444 e. The lowest BCUT2D eigenvalue weighted by molar-refractivity contribution is 0.141. The maximum Gasteiger partial charge on any atom is 0.419 e. The summed E-state index contributed by atoms with van der Waals surface area (Å²) in [6.45, 7) is 0.227. The van der Waals surface area contributed by atoms with E-state index in [0.29, 0.717) is 0 Å². The van der Waals surface area contributed by atoms with Gasteiger partial charge in [0.25, 0.3) is 0 Å². The smallest absolute Gasteiger partial charge is 0.419 e. The number of aromatic nitrogens is 2. The van der Waals surface area contributed by atoms with Crippen molar-refractivity contribution in [1.82, 2.24) is 9.55 Å². The van der Waals surface area contributed by atoms with E-state index >= 15 is 0 Å². The number of hydrogen-bond acceptors (Lipinski definition) is 3. The summed E-state index contributed by atoms with van der Waals surface area (Å²) in [5.41, 5.74) is 0.999. The van der Waals surface area contributed by atoms with Crippen molar-refractivity contribution in [2.24, 2.45) is 0 Å². The zero-order valence-corrected chi connectivity index (χ0v) is 13.3. The topological polar surface area (TPSA) is 44.1 Å². The Morgan fingerprint density at radius 2 is 1.64 bits per heavy atom. The zero-order valence-electron chi connectivity index (χ0n) is 13.3. The second kappa shape index (κ2) is 5.31. The molecule has 0 unspecified atom stereocenters. The van der Waals surface area contributed by atoms with Gasteiger partial charge in [0.2, 0.25) is 0 Å². The molecule has 1 heterocycles. The summed E-state index contributed by atoms with van der Waals surface area (Å²) in [5.74, 6) is 0. The quantitative estimate of drug-likeness (QED) is 0.430. The predicted molar refractivity (Wildman–Crippen MR) is 98.0 cm³/mol. The average Bonchev–Trinajstić information content (AvgIpc) is 3.19. The van der Waals surface area contributed by atoms with Crippen LogP contribution in [-0.4, -0.2) is 15.6 Å². The molecular weight excluding hydrogens is 312 g/mol. The first-order valence-electron chi connectivity index (χ1n) is 8.12. The molecule has 0 atom stereocenters.